The fourth-order valence-electron chi connectivity index (χ4n) is 3.70. The van der Waals surface area contributed by atoms with Gasteiger partial charge in [-0.25, -0.2) is 0 Å². The monoisotopic (exact) mass is 307 g/mol. The summed E-state index contributed by atoms with van der Waals surface area (Å²) in [6.45, 7) is 3.52. The molecule has 3 rings (SSSR count). The largest absolute Gasteiger partial charge is 0.496 e. The highest BCUT2D eigenvalue weighted by molar-refractivity contribution is 7.99. The van der Waals surface area contributed by atoms with E-state index in [9.17, 15) is 0 Å². The third-order valence-electron chi connectivity index (χ3n) is 4.90. The summed E-state index contributed by atoms with van der Waals surface area (Å²) in [5, 5.41) is 0. The van der Waals surface area contributed by atoms with E-state index in [1.165, 1.54) is 47.6 Å². The number of fused-ring (bicyclic) bond motifs is 1. The second-order valence-corrected chi connectivity index (χ2v) is 7.07. The standard InChI is InChI=1S/C17H25NOS.CH4/c1-4-12-7-8-15(19-3)16-13(11-20-17(12)16)10-14-6-5-9-18(14)2;/h7-8,13-14H,4-6,9-11H2,1-3H3;1H4/t13?,14-;/m1./s1. The summed E-state index contributed by atoms with van der Waals surface area (Å²) < 4.78 is 5.65. The van der Waals surface area contributed by atoms with E-state index >= 15 is 0 Å². The number of aryl methyl sites for hydroxylation is 1. The maximum atomic E-state index is 5.65. The zero-order chi connectivity index (χ0) is 14.1. The molecule has 0 spiro atoms. The summed E-state index contributed by atoms with van der Waals surface area (Å²) in [6, 6.07) is 5.19. The Hall–Kier alpha value is -0.670. The highest BCUT2D eigenvalue weighted by atomic mass is 32.2. The second kappa shape index (κ2) is 7.06. The van der Waals surface area contributed by atoms with Crippen molar-refractivity contribution in [3.05, 3.63) is 23.3 Å². The van der Waals surface area contributed by atoms with Gasteiger partial charge in [-0.2, -0.15) is 0 Å². The third-order valence-corrected chi connectivity index (χ3v) is 6.24. The Morgan fingerprint density at radius 3 is 2.81 bits per heavy atom. The summed E-state index contributed by atoms with van der Waals surface area (Å²) in [4.78, 5) is 4.05. The minimum absolute atomic E-state index is 0. The van der Waals surface area contributed by atoms with Gasteiger partial charge in [0.2, 0.25) is 0 Å². The van der Waals surface area contributed by atoms with E-state index in [1.807, 2.05) is 18.9 Å². The predicted molar refractivity (Wildman–Crippen MR) is 92.8 cm³/mol. The molecule has 0 aliphatic carbocycles. The van der Waals surface area contributed by atoms with Crippen molar-refractivity contribution in [1.29, 1.82) is 0 Å². The molecule has 2 atom stereocenters. The lowest BCUT2D eigenvalue weighted by molar-refractivity contribution is 0.284. The van der Waals surface area contributed by atoms with E-state index in [0.29, 0.717) is 5.92 Å². The van der Waals surface area contributed by atoms with Crippen LogP contribution in [-0.2, 0) is 6.42 Å². The Labute approximate surface area is 134 Å². The Bertz CT molecular complexity index is 488. The van der Waals surface area contributed by atoms with Crippen molar-refractivity contribution in [2.24, 2.45) is 0 Å². The fourth-order valence-corrected chi connectivity index (χ4v) is 5.19. The molecular weight excluding hydrogens is 278 g/mol. The van der Waals surface area contributed by atoms with Gasteiger partial charge in [0.1, 0.15) is 5.75 Å². The number of benzene rings is 1. The zero-order valence-corrected chi connectivity index (χ0v) is 13.6. The van der Waals surface area contributed by atoms with Crippen LogP contribution in [0.15, 0.2) is 17.0 Å². The molecule has 2 aliphatic heterocycles. The van der Waals surface area contributed by atoms with Crippen LogP contribution >= 0.6 is 11.8 Å². The van der Waals surface area contributed by atoms with Crippen LogP contribution < -0.4 is 4.74 Å². The highest BCUT2D eigenvalue weighted by Gasteiger charge is 2.32. The molecule has 1 fully saturated rings. The first-order valence-corrected chi connectivity index (χ1v) is 8.76. The van der Waals surface area contributed by atoms with Gasteiger partial charge in [-0.05, 0) is 56.8 Å². The molecule has 3 heteroatoms. The lowest BCUT2D eigenvalue weighted by atomic mass is 9.91. The maximum Gasteiger partial charge on any atom is 0.123 e. The van der Waals surface area contributed by atoms with E-state index < -0.39 is 0 Å². The number of likely N-dealkylation sites (tertiary alicyclic amines) is 1. The number of hydrogen-bond acceptors (Lipinski definition) is 3. The Balaban J connectivity index is 0.00000161. The van der Waals surface area contributed by atoms with Crippen LogP contribution in [0.3, 0.4) is 0 Å². The molecule has 21 heavy (non-hydrogen) atoms. The van der Waals surface area contributed by atoms with E-state index in [1.54, 1.807) is 0 Å². The maximum absolute atomic E-state index is 5.65. The van der Waals surface area contributed by atoms with Crippen LogP contribution in [0.5, 0.6) is 5.75 Å². The van der Waals surface area contributed by atoms with Gasteiger partial charge < -0.3 is 9.64 Å². The molecule has 1 aromatic rings. The molecule has 1 unspecified atom stereocenters. The first-order chi connectivity index (χ1) is 9.74. The highest BCUT2D eigenvalue weighted by Crippen LogP contribution is 2.49. The summed E-state index contributed by atoms with van der Waals surface area (Å²) in [7, 11) is 4.09. The molecule has 2 heterocycles. The van der Waals surface area contributed by atoms with E-state index in [2.05, 4.69) is 31.0 Å². The van der Waals surface area contributed by atoms with Gasteiger partial charge in [-0.3, -0.25) is 0 Å². The van der Waals surface area contributed by atoms with Crippen molar-refractivity contribution >= 4 is 11.8 Å². The van der Waals surface area contributed by atoms with Gasteiger partial charge in [0.25, 0.3) is 0 Å². The molecule has 2 aliphatic rings. The summed E-state index contributed by atoms with van der Waals surface area (Å²) in [5.74, 6) is 3.00. The molecule has 118 valence electrons. The summed E-state index contributed by atoms with van der Waals surface area (Å²) in [6.07, 6.45) is 5.14. The Kier molecular flexibility index (Phi) is 5.61. The Morgan fingerprint density at radius 2 is 2.19 bits per heavy atom. The molecule has 2 nitrogen and oxygen atoms in total. The normalized spacial score (nSPS) is 24.7. The quantitative estimate of drug-likeness (QED) is 0.808. The predicted octanol–water partition coefficient (Wildman–Crippen LogP) is 4.57. The molecule has 0 bridgehead atoms. The Morgan fingerprint density at radius 1 is 1.38 bits per heavy atom. The van der Waals surface area contributed by atoms with Crippen molar-refractivity contribution in [3.8, 4) is 5.75 Å². The van der Waals surface area contributed by atoms with Gasteiger partial charge in [-0.15, -0.1) is 11.8 Å². The van der Waals surface area contributed by atoms with Crippen LogP contribution in [-0.4, -0.2) is 37.4 Å². The minimum Gasteiger partial charge on any atom is -0.496 e. The lowest BCUT2D eigenvalue weighted by Crippen LogP contribution is -2.26. The van der Waals surface area contributed by atoms with E-state index in [4.69, 9.17) is 4.74 Å². The number of nitrogens with zero attached hydrogens (tertiary/aromatic N) is 1. The molecule has 0 amide bonds. The van der Waals surface area contributed by atoms with Crippen LogP contribution in [0, 0.1) is 0 Å². The number of methoxy groups -OCH3 is 1. The van der Waals surface area contributed by atoms with Crippen molar-refractivity contribution in [2.45, 2.75) is 56.9 Å². The molecule has 0 N–H and O–H groups in total. The molecule has 0 saturated carbocycles. The second-order valence-electron chi connectivity index (χ2n) is 6.04. The number of hydrogen-bond donors (Lipinski definition) is 0. The SMILES string of the molecule is C.CCc1ccc(OC)c2c1SCC2C[C@H]1CCCN1C. The molecule has 0 aromatic heterocycles. The van der Waals surface area contributed by atoms with Gasteiger partial charge in [0, 0.05) is 22.3 Å². The topological polar surface area (TPSA) is 12.5 Å². The third kappa shape index (κ3) is 3.09. The average molecular weight is 308 g/mol. The number of rotatable bonds is 4. The van der Waals surface area contributed by atoms with E-state index in [0.717, 1.165) is 18.2 Å². The van der Waals surface area contributed by atoms with Crippen molar-refractivity contribution in [3.63, 3.8) is 0 Å². The van der Waals surface area contributed by atoms with Crippen LogP contribution in [0.2, 0.25) is 0 Å². The molecule has 1 saturated heterocycles. The van der Waals surface area contributed by atoms with Gasteiger partial charge in [0.15, 0.2) is 0 Å². The summed E-state index contributed by atoms with van der Waals surface area (Å²) >= 11 is 2.04. The van der Waals surface area contributed by atoms with Gasteiger partial charge >= 0.3 is 0 Å². The zero-order valence-electron chi connectivity index (χ0n) is 12.8. The summed E-state index contributed by atoms with van der Waals surface area (Å²) in [5.41, 5.74) is 2.99. The smallest absolute Gasteiger partial charge is 0.123 e. The van der Waals surface area contributed by atoms with Crippen molar-refractivity contribution in [2.75, 3.05) is 26.5 Å². The average Bonchev–Trinajstić information content (AvgIpc) is 3.06. The van der Waals surface area contributed by atoms with Gasteiger partial charge in [-0.1, -0.05) is 20.4 Å². The first-order valence-electron chi connectivity index (χ1n) is 7.77. The molecular formula is C18H29NOS. The number of ether oxygens (including phenoxy) is 1. The molecule has 1 aromatic carbocycles. The van der Waals surface area contributed by atoms with Crippen molar-refractivity contribution < 1.29 is 4.74 Å². The van der Waals surface area contributed by atoms with E-state index in [-0.39, 0.29) is 7.43 Å². The lowest BCUT2D eigenvalue weighted by Gasteiger charge is -2.24. The van der Waals surface area contributed by atoms with Crippen molar-refractivity contribution in [1.82, 2.24) is 4.90 Å². The van der Waals surface area contributed by atoms with Crippen LogP contribution in [0.1, 0.15) is 50.7 Å². The number of thioether (sulfide) groups is 1. The molecule has 0 radical (unpaired) electrons. The fraction of sp³-hybridized carbons (Fsp3) is 0.667. The minimum atomic E-state index is 0. The van der Waals surface area contributed by atoms with Gasteiger partial charge in [0.05, 0.1) is 7.11 Å². The van der Waals surface area contributed by atoms with Crippen LogP contribution in [0.4, 0.5) is 0 Å². The first kappa shape index (κ1) is 16.7. The van der Waals surface area contributed by atoms with Crippen LogP contribution in [0.25, 0.3) is 0 Å².